The molecular weight excluding hydrogens is 308 g/mol. The first-order valence-electron chi connectivity index (χ1n) is 8.88. The van der Waals surface area contributed by atoms with Crippen LogP contribution in [-0.2, 0) is 19.1 Å². The molecule has 2 bridgehead atoms. The summed E-state index contributed by atoms with van der Waals surface area (Å²) >= 11 is 0. The summed E-state index contributed by atoms with van der Waals surface area (Å²) in [6.07, 6.45) is 4.60. The highest BCUT2D eigenvalue weighted by Gasteiger charge is 2.72. The van der Waals surface area contributed by atoms with Crippen LogP contribution in [0.4, 0.5) is 0 Å². The molecule has 3 fully saturated rings. The molecule has 0 aromatic heterocycles. The largest absolute Gasteiger partial charge is 0.468 e. The van der Waals surface area contributed by atoms with E-state index in [0.717, 1.165) is 0 Å². The number of hydrogen-bond donors (Lipinski definition) is 1. The summed E-state index contributed by atoms with van der Waals surface area (Å²) in [5, 5.41) is 10.3. The van der Waals surface area contributed by atoms with Gasteiger partial charge < -0.3 is 9.84 Å². The van der Waals surface area contributed by atoms with Crippen molar-refractivity contribution >= 4 is 17.5 Å². The Labute approximate surface area is 141 Å². The van der Waals surface area contributed by atoms with Crippen molar-refractivity contribution in [3.8, 4) is 0 Å². The van der Waals surface area contributed by atoms with Crippen LogP contribution in [0.1, 0.15) is 26.7 Å². The lowest BCUT2D eigenvalue weighted by Gasteiger charge is -2.52. The molecule has 0 aromatic rings. The third-order valence-electron chi connectivity index (χ3n) is 7.28. The van der Waals surface area contributed by atoms with Gasteiger partial charge in [-0.3, -0.25) is 14.4 Å². The molecule has 9 unspecified atom stereocenters. The molecule has 4 aliphatic rings. The number of rotatable bonds is 1. The van der Waals surface area contributed by atoms with Gasteiger partial charge in [0.2, 0.25) is 0 Å². The van der Waals surface area contributed by atoms with Crippen molar-refractivity contribution in [3.05, 3.63) is 12.2 Å². The number of aliphatic hydroxyl groups is 1. The molecule has 130 valence electrons. The molecule has 9 atom stereocenters. The van der Waals surface area contributed by atoms with Gasteiger partial charge in [-0.15, -0.1) is 0 Å². The monoisotopic (exact) mass is 332 g/mol. The second kappa shape index (κ2) is 5.01. The van der Waals surface area contributed by atoms with E-state index in [0.29, 0.717) is 12.8 Å². The summed E-state index contributed by atoms with van der Waals surface area (Å²) in [6, 6.07) is 0. The Kier molecular flexibility index (Phi) is 3.34. The van der Waals surface area contributed by atoms with Crippen molar-refractivity contribution in [3.63, 3.8) is 0 Å². The van der Waals surface area contributed by atoms with Gasteiger partial charge in [0, 0.05) is 17.8 Å². The van der Waals surface area contributed by atoms with Crippen molar-refractivity contribution in [1.29, 1.82) is 0 Å². The summed E-state index contributed by atoms with van der Waals surface area (Å²) in [6.45, 7) is 3.72. The normalized spacial score (nSPS) is 52.2. The number of esters is 1. The number of carbonyl (C=O) groups excluding carboxylic acids is 3. The fourth-order valence-corrected chi connectivity index (χ4v) is 6.32. The summed E-state index contributed by atoms with van der Waals surface area (Å²) in [4.78, 5) is 39.8. The Morgan fingerprint density at radius 1 is 1.21 bits per heavy atom. The SMILES string of the molecule is COC(=O)C12C(=O)C3C4CC(CC4O)C3C(=O)C1C(C)C=CC2C. The minimum absolute atomic E-state index is 0.0353. The van der Waals surface area contributed by atoms with Crippen LogP contribution in [0.25, 0.3) is 0 Å². The van der Waals surface area contributed by atoms with E-state index in [4.69, 9.17) is 4.74 Å². The van der Waals surface area contributed by atoms with Gasteiger partial charge >= 0.3 is 5.97 Å². The van der Waals surface area contributed by atoms with Crippen molar-refractivity contribution in [1.82, 2.24) is 0 Å². The summed E-state index contributed by atoms with van der Waals surface area (Å²) in [7, 11) is 1.28. The van der Waals surface area contributed by atoms with Crippen LogP contribution in [0, 0.1) is 46.8 Å². The molecule has 0 amide bonds. The third-order valence-corrected chi connectivity index (χ3v) is 7.28. The highest BCUT2D eigenvalue weighted by Crippen LogP contribution is 2.63. The number of Topliss-reactive ketones (excluding diaryl/α,β-unsaturated/α-hetero) is 2. The average Bonchev–Trinajstić information content (AvgIpc) is 3.11. The Bertz CT molecular complexity index is 652. The summed E-state index contributed by atoms with van der Waals surface area (Å²) in [5.74, 6) is -2.87. The second-order valence-corrected chi connectivity index (χ2v) is 8.15. The van der Waals surface area contributed by atoms with Gasteiger partial charge in [0.1, 0.15) is 11.2 Å². The van der Waals surface area contributed by atoms with E-state index >= 15 is 0 Å². The molecule has 5 heteroatoms. The first-order valence-corrected chi connectivity index (χ1v) is 8.88. The minimum Gasteiger partial charge on any atom is -0.468 e. The zero-order valence-electron chi connectivity index (χ0n) is 14.3. The van der Waals surface area contributed by atoms with Gasteiger partial charge in [-0.25, -0.2) is 0 Å². The number of carbonyl (C=O) groups is 3. The number of allylic oxidation sites excluding steroid dienone is 2. The molecular formula is C19H24O5. The lowest BCUT2D eigenvalue weighted by Crippen LogP contribution is -2.65. The first kappa shape index (κ1) is 16.0. The standard InChI is InChI=1S/C19H24O5/c1-8-4-5-9(2)19(18(23)24-3)15(8)16(21)13-10-6-11(12(20)7-10)14(13)17(19)22/h4-5,8-15,20H,6-7H2,1-3H3. The molecule has 0 spiro atoms. The Morgan fingerprint density at radius 3 is 2.58 bits per heavy atom. The Balaban J connectivity index is 1.90. The predicted molar refractivity (Wildman–Crippen MR) is 84.6 cm³/mol. The maximum Gasteiger partial charge on any atom is 0.320 e. The molecule has 4 rings (SSSR count). The molecule has 3 saturated carbocycles. The highest BCUT2D eigenvalue weighted by molar-refractivity contribution is 6.14. The molecule has 5 nitrogen and oxygen atoms in total. The van der Waals surface area contributed by atoms with Crippen LogP contribution in [0.15, 0.2) is 12.2 Å². The van der Waals surface area contributed by atoms with Gasteiger partial charge in [0.15, 0.2) is 5.78 Å². The zero-order chi connectivity index (χ0) is 17.4. The van der Waals surface area contributed by atoms with Crippen molar-refractivity contribution in [2.75, 3.05) is 7.11 Å². The maximum absolute atomic E-state index is 13.6. The van der Waals surface area contributed by atoms with Crippen LogP contribution >= 0.6 is 0 Å². The van der Waals surface area contributed by atoms with Crippen LogP contribution in [0.3, 0.4) is 0 Å². The molecule has 4 aliphatic carbocycles. The predicted octanol–water partition coefficient (Wildman–Crippen LogP) is 1.39. The second-order valence-electron chi connectivity index (χ2n) is 8.15. The van der Waals surface area contributed by atoms with Crippen LogP contribution in [-0.4, -0.2) is 35.9 Å². The van der Waals surface area contributed by atoms with E-state index in [1.54, 1.807) is 0 Å². The van der Waals surface area contributed by atoms with Crippen molar-refractivity contribution in [2.24, 2.45) is 46.8 Å². The van der Waals surface area contributed by atoms with Gasteiger partial charge in [0.25, 0.3) is 0 Å². The quantitative estimate of drug-likeness (QED) is 0.446. The average molecular weight is 332 g/mol. The van der Waals surface area contributed by atoms with E-state index in [1.165, 1.54) is 7.11 Å². The Morgan fingerprint density at radius 2 is 1.92 bits per heavy atom. The lowest BCUT2D eigenvalue weighted by molar-refractivity contribution is -0.182. The highest BCUT2D eigenvalue weighted by atomic mass is 16.5. The molecule has 0 saturated heterocycles. The topological polar surface area (TPSA) is 80.7 Å². The maximum atomic E-state index is 13.6. The number of ketones is 2. The number of methoxy groups -OCH3 is 1. The number of fused-ring (bicyclic) bond motifs is 6. The molecule has 0 aromatic carbocycles. The Hall–Kier alpha value is -1.49. The van der Waals surface area contributed by atoms with E-state index in [1.807, 2.05) is 26.0 Å². The van der Waals surface area contributed by atoms with Gasteiger partial charge in [-0.2, -0.15) is 0 Å². The number of ether oxygens (including phenoxy) is 1. The summed E-state index contributed by atoms with van der Waals surface area (Å²) in [5.41, 5.74) is -1.43. The number of hydrogen-bond acceptors (Lipinski definition) is 5. The van der Waals surface area contributed by atoms with Crippen molar-refractivity contribution in [2.45, 2.75) is 32.8 Å². The molecule has 0 radical (unpaired) electrons. The fraction of sp³-hybridized carbons (Fsp3) is 0.737. The van der Waals surface area contributed by atoms with Crippen molar-refractivity contribution < 1.29 is 24.2 Å². The van der Waals surface area contributed by atoms with E-state index in [-0.39, 0.29) is 41.2 Å². The number of aliphatic hydroxyl groups excluding tert-OH is 1. The smallest absolute Gasteiger partial charge is 0.320 e. The first-order chi connectivity index (χ1) is 11.4. The van der Waals surface area contributed by atoms with Crippen LogP contribution < -0.4 is 0 Å². The molecule has 24 heavy (non-hydrogen) atoms. The molecule has 0 aliphatic heterocycles. The van der Waals surface area contributed by atoms with Crippen LogP contribution in [0.2, 0.25) is 0 Å². The van der Waals surface area contributed by atoms with Gasteiger partial charge in [-0.1, -0.05) is 26.0 Å². The fourth-order valence-electron chi connectivity index (χ4n) is 6.32. The van der Waals surface area contributed by atoms with Gasteiger partial charge in [0.05, 0.1) is 13.2 Å². The lowest BCUT2D eigenvalue weighted by atomic mass is 9.47. The van der Waals surface area contributed by atoms with E-state index in [9.17, 15) is 19.5 Å². The minimum atomic E-state index is -1.43. The zero-order valence-corrected chi connectivity index (χ0v) is 14.3. The molecule has 1 N–H and O–H groups in total. The van der Waals surface area contributed by atoms with Gasteiger partial charge in [-0.05, 0) is 36.5 Å². The molecule has 0 heterocycles. The van der Waals surface area contributed by atoms with Crippen LogP contribution in [0.5, 0.6) is 0 Å². The van der Waals surface area contributed by atoms with E-state index in [2.05, 4.69) is 0 Å². The summed E-state index contributed by atoms with van der Waals surface area (Å²) < 4.78 is 5.03. The third kappa shape index (κ3) is 1.62. The van der Waals surface area contributed by atoms with E-state index < -0.39 is 29.3 Å².